The molecule has 0 spiro atoms. The summed E-state index contributed by atoms with van der Waals surface area (Å²) in [5.74, 6) is 0.0459. The van der Waals surface area contributed by atoms with Crippen molar-refractivity contribution in [2.24, 2.45) is 5.73 Å². The van der Waals surface area contributed by atoms with Gasteiger partial charge >= 0.3 is 0 Å². The average molecular weight is 270 g/mol. The zero-order chi connectivity index (χ0) is 14.1. The molecule has 4 heteroatoms. The van der Waals surface area contributed by atoms with Crippen LogP contribution in [-0.4, -0.2) is 5.84 Å². The molecule has 0 bridgehead atoms. The first-order valence-electron chi connectivity index (χ1n) is 6.58. The van der Waals surface area contributed by atoms with E-state index in [0.29, 0.717) is 5.75 Å². The van der Waals surface area contributed by atoms with Gasteiger partial charge in [-0.25, -0.2) is 4.39 Å². The van der Waals surface area contributed by atoms with E-state index < -0.39 is 5.82 Å². The van der Waals surface area contributed by atoms with E-state index in [2.05, 4.69) is 0 Å². The molecule has 3 rings (SSSR count). The van der Waals surface area contributed by atoms with Crippen LogP contribution < -0.4 is 10.5 Å². The van der Waals surface area contributed by atoms with Gasteiger partial charge < -0.3 is 10.5 Å². The van der Waals surface area contributed by atoms with E-state index in [4.69, 9.17) is 15.9 Å². The van der Waals surface area contributed by atoms with Gasteiger partial charge in [-0.05, 0) is 54.7 Å². The number of ether oxygens (including phenoxy) is 1. The highest BCUT2D eigenvalue weighted by molar-refractivity contribution is 5.98. The summed E-state index contributed by atoms with van der Waals surface area (Å²) in [4.78, 5) is 0. The lowest BCUT2D eigenvalue weighted by molar-refractivity contribution is 0.474. The smallest absolute Gasteiger partial charge is 0.141 e. The molecule has 0 radical (unpaired) electrons. The van der Waals surface area contributed by atoms with E-state index in [9.17, 15) is 4.39 Å². The number of rotatable bonds is 3. The maximum Gasteiger partial charge on any atom is 0.141 e. The molecule has 0 saturated heterocycles. The Kier molecular flexibility index (Phi) is 3.14. The van der Waals surface area contributed by atoms with Crippen molar-refractivity contribution < 1.29 is 9.13 Å². The summed E-state index contributed by atoms with van der Waals surface area (Å²) >= 11 is 0. The molecule has 3 nitrogen and oxygen atoms in total. The van der Waals surface area contributed by atoms with E-state index in [-0.39, 0.29) is 17.1 Å². The van der Waals surface area contributed by atoms with E-state index in [1.165, 1.54) is 17.2 Å². The Labute approximate surface area is 116 Å². The van der Waals surface area contributed by atoms with Crippen LogP contribution in [0.1, 0.15) is 23.1 Å². The largest absolute Gasteiger partial charge is 0.456 e. The standard InChI is InChI=1S/C16H15FN2O/c17-13-5-2-6-14(15(13)16(18)19)20-12-8-7-10-3-1-4-11(10)9-12/h2,5-9H,1,3-4H2,(H3,18,19). The van der Waals surface area contributed by atoms with Crippen LogP contribution in [0.2, 0.25) is 0 Å². The first-order valence-corrected chi connectivity index (χ1v) is 6.58. The van der Waals surface area contributed by atoms with Crippen molar-refractivity contribution >= 4 is 5.84 Å². The zero-order valence-corrected chi connectivity index (χ0v) is 10.9. The fourth-order valence-corrected chi connectivity index (χ4v) is 2.59. The van der Waals surface area contributed by atoms with Crippen molar-refractivity contribution in [1.82, 2.24) is 0 Å². The molecule has 0 fully saturated rings. The van der Waals surface area contributed by atoms with Crippen molar-refractivity contribution in [3.05, 3.63) is 58.9 Å². The molecule has 0 aromatic heterocycles. The Morgan fingerprint density at radius 2 is 1.95 bits per heavy atom. The Balaban J connectivity index is 1.95. The second kappa shape index (κ2) is 4.96. The first kappa shape index (κ1) is 12.7. The van der Waals surface area contributed by atoms with Crippen molar-refractivity contribution in [2.45, 2.75) is 19.3 Å². The molecular weight excluding hydrogens is 255 g/mol. The lowest BCUT2D eigenvalue weighted by atomic mass is 10.1. The van der Waals surface area contributed by atoms with Crippen LogP contribution in [0.4, 0.5) is 4.39 Å². The van der Waals surface area contributed by atoms with Crippen LogP contribution in [0.15, 0.2) is 36.4 Å². The predicted molar refractivity (Wildman–Crippen MR) is 76.0 cm³/mol. The molecule has 2 aromatic carbocycles. The third-order valence-corrected chi connectivity index (χ3v) is 3.54. The van der Waals surface area contributed by atoms with Gasteiger partial charge in [-0.3, -0.25) is 5.41 Å². The number of hydrogen-bond acceptors (Lipinski definition) is 2. The SMILES string of the molecule is N=C(N)c1c(F)cccc1Oc1ccc2c(c1)CCC2. The van der Waals surface area contributed by atoms with Gasteiger partial charge in [-0.2, -0.15) is 0 Å². The molecule has 0 heterocycles. The number of benzene rings is 2. The summed E-state index contributed by atoms with van der Waals surface area (Å²) in [6, 6.07) is 10.3. The Bertz CT molecular complexity index is 682. The van der Waals surface area contributed by atoms with Crippen LogP contribution in [0.3, 0.4) is 0 Å². The van der Waals surface area contributed by atoms with E-state index >= 15 is 0 Å². The summed E-state index contributed by atoms with van der Waals surface area (Å²) in [7, 11) is 0. The quantitative estimate of drug-likeness (QED) is 0.663. The monoisotopic (exact) mass is 270 g/mol. The molecule has 20 heavy (non-hydrogen) atoms. The van der Waals surface area contributed by atoms with Gasteiger partial charge in [0.2, 0.25) is 0 Å². The van der Waals surface area contributed by atoms with E-state index in [1.807, 2.05) is 18.2 Å². The van der Waals surface area contributed by atoms with Crippen molar-refractivity contribution in [3.8, 4) is 11.5 Å². The third kappa shape index (κ3) is 2.25. The molecule has 0 saturated carbocycles. The van der Waals surface area contributed by atoms with Gasteiger partial charge in [-0.15, -0.1) is 0 Å². The zero-order valence-electron chi connectivity index (χ0n) is 10.9. The molecule has 0 atom stereocenters. The highest BCUT2D eigenvalue weighted by atomic mass is 19.1. The fraction of sp³-hybridized carbons (Fsp3) is 0.188. The second-order valence-electron chi connectivity index (χ2n) is 4.91. The number of nitrogen functional groups attached to an aromatic ring is 1. The third-order valence-electron chi connectivity index (χ3n) is 3.54. The number of aryl methyl sites for hydroxylation is 2. The molecule has 0 amide bonds. The van der Waals surface area contributed by atoms with Crippen molar-refractivity contribution in [1.29, 1.82) is 5.41 Å². The van der Waals surface area contributed by atoms with Crippen LogP contribution in [0.5, 0.6) is 11.5 Å². The molecule has 0 unspecified atom stereocenters. The highest BCUT2D eigenvalue weighted by Gasteiger charge is 2.15. The van der Waals surface area contributed by atoms with Crippen LogP contribution in [0.25, 0.3) is 0 Å². The van der Waals surface area contributed by atoms with Crippen molar-refractivity contribution in [2.75, 3.05) is 0 Å². The highest BCUT2D eigenvalue weighted by Crippen LogP contribution is 2.31. The number of amidine groups is 1. The van der Waals surface area contributed by atoms with Gasteiger partial charge in [0, 0.05) is 0 Å². The van der Waals surface area contributed by atoms with Gasteiger partial charge in [0.15, 0.2) is 0 Å². The minimum absolute atomic E-state index is 0.00741. The summed E-state index contributed by atoms with van der Waals surface area (Å²) in [5.41, 5.74) is 8.06. The molecule has 2 aromatic rings. The molecule has 102 valence electrons. The normalized spacial score (nSPS) is 13.1. The topological polar surface area (TPSA) is 59.1 Å². The van der Waals surface area contributed by atoms with Crippen LogP contribution in [0, 0.1) is 11.2 Å². The van der Waals surface area contributed by atoms with Crippen LogP contribution in [-0.2, 0) is 12.8 Å². The summed E-state index contributed by atoms with van der Waals surface area (Å²) in [6.45, 7) is 0. The van der Waals surface area contributed by atoms with Gasteiger partial charge in [-0.1, -0.05) is 12.1 Å². The summed E-state index contributed by atoms with van der Waals surface area (Å²) < 4.78 is 19.4. The van der Waals surface area contributed by atoms with Gasteiger partial charge in [0.25, 0.3) is 0 Å². The number of hydrogen-bond donors (Lipinski definition) is 2. The summed E-state index contributed by atoms with van der Waals surface area (Å²) in [5, 5.41) is 7.46. The Morgan fingerprint density at radius 1 is 1.15 bits per heavy atom. The molecule has 1 aliphatic carbocycles. The van der Waals surface area contributed by atoms with Crippen molar-refractivity contribution in [3.63, 3.8) is 0 Å². The lowest BCUT2D eigenvalue weighted by Crippen LogP contribution is -2.14. The minimum atomic E-state index is -0.545. The first-order chi connectivity index (χ1) is 9.65. The number of halogens is 1. The fourth-order valence-electron chi connectivity index (χ4n) is 2.59. The van der Waals surface area contributed by atoms with Gasteiger partial charge in [0.1, 0.15) is 23.2 Å². The molecular formula is C16H15FN2O. The maximum absolute atomic E-state index is 13.7. The molecule has 3 N–H and O–H groups in total. The Morgan fingerprint density at radius 3 is 2.75 bits per heavy atom. The van der Waals surface area contributed by atoms with E-state index in [1.54, 1.807) is 12.1 Å². The average Bonchev–Trinajstić information content (AvgIpc) is 2.85. The number of nitrogens with one attached hydrogen (secondary N) is 1. The molecule has 1 aliphatic rings. The second-order valence-corrected chi connectivity index (χ2v) is 4.91. The van der Waals surface area contributed by atoms with Crippen LogP contribution >= 0.6 is 0 Å². The lowest BCUT2D eigenvalue weighted by Gasteiger charge is -2.12. The van der Waals surface area contributed by atoms with E-state index in [0.717, 1.165) is 19.3 Å². The van der Waals surface area contributed by atoms with Gasteiger partial charge in [0.05, 0.1) is 5.56 Å². The number of nitrogens with two attached hydrogens (primary N) is 1. The maximum atomic E-state index is 13.7. The Hall–Kier alpha value is -2.36. The summed E-state index contributed by atoms with van der Waals surface area (Å²) in [6.07, 6.45) is 3.32. The number of fused-ring (bicyclic) bond motifs is 1. The molecule has 0 aliphatic heterocycles. The minimum Gasteiger partial charge on any atom is -0.456 e. The predicted octanol–water partition coefficient (Wildman–Crippen LogP) is 3.39.